The van der Waals surface area contributed by atoms with Gasteiger partial charge in [0.15, 0.2) is 0 Å². The van der Waals surface area contributed by atoms with Gasteiger partial charge in [0.1, 0.15) is 5.82 Å². The molecule has 1 fully saturated rings. The molecule has 2 aromatic heterocycles. The van der Waals surface area contributed by atoms with E-state index in [0.29, 0.717) is 45.7 Å². The highest BCUT2D eigenvalue weighted by atomic mass is 35.5. The van der Waals surface area contributed by atoms with Crippen molar-refractivity contribution >= 4 is 51.1 Å². The first-order chi connectivity index (χ1) is 15.1. The third-order valence-corrected chi connectivity index (χ3v) is 6.37. The largest absolute Gasteiger partial charge is 0.379 e. The summed E-state index contributed by atoms with van der Waals surface area (Å²) in [5.41, 5.74) is 2.25. The van der Waals surface area contributed by atoms with Crippen LogP contribution in [0.5, 0.6) is 0 Å². The van der Waals surface area contributed by atoms with Gasteiger partial charge in [0.05, 0.1) is 51.3 Å². The second kappa shape index (κ2) is 8.30. The Morgan fingerprint density at radius 1 is 1.26 bits per heavy atom. The molecule has 0 bridgehead atoms. The van der Waals surface area contributed by atoms with Gasteiger partial charge in [-0.1, -0.05) is 23.7 Å². The third kappa shape index (κ3) is 4.01. The minimum atomic E-state index is -0.427. The Labute approximate surface area is 186 Å². The van der Waals surface area contributed by atoms with E-state index >= 15 is 0 Å². The first kappa shape index (κ1) is 20.0. The molecule has 1 aliphatic rings. The van der Waals surface area contributed by atoms with E-state index in [4.69, 9.17) is 16.3 Å². The minimum Gasteiger partial charge on any atom is -0.379 e. The van der Waals surface area contributed by atoms with Crippen molar-refractivity contribution in [2.45, 2.75) is 12.5 Å². The minimum absolute atomic E-state index is 0.0433. The smallest absolute Gasteiger partial charge is 0.261 e. The van der Waals surface area contributed by atoms with Crippen LogP contribution >= 0.6 is 22.9 Å². The number of benzene rings is 2. The van der Waals surface area contributed by atoms with Crippen LogP contribution in [0.4, 0.5) is 15.8 Å². The number of halogens is 2. The van der Waals surface area contributed by atoms with E-state index in [1.165, 1.54) is 17.4 Å². The molecule has 1 saturated heterocycles. The zero-order chi connectivity index (χ0) is 21.4. The van der Waals surface area contributed by atoms with Crippen molar-refractivity contribution in [2.75, 3.05) is 18.5 Å². The summed E-state index contributed by atoms with van der Waals surface area (Å²) in [4.78, 5) is 13.1. The van der Waals surface area contributed by atoms with E-state index < -0.39 is 5.82 Å². The van der Waals surface area contributed by atoms with Gasteiger partial charge in [0, 0.05) is 23.4 Å². The molecule has 6 nitrogen and oxygen atoms in total. The summed E-state index contributed by atoms with van der Waals surface area (Å²) in [5.74, 6) is -0.566. The van der Waals surface area contributed by atoms with Gasteiger partial charge in [-0.2, -0.15) is 5.10 Å². The highest BCUT2D eigenvalue weighted by molar-refractivity contribution is 7.12. The molecule has 9 heteroatoms. The molecule has 0 aliphatic carbocycles. The molecular formula is C22H18ClFN4O2S. The van der Waals surface area contributed by atoms with Crippen LogP contribution in [0.25, 0.3) is 16.6 Å². The van der Waals surface area contributed by atoms with Gasteiger partial charge in [-0.25, -0.2) is 9.07 Å². The predicted octanol–water partition coefficient (Wildman–Crippen LogP) is 5.14. The number of rotatable bonds is 5. The lowest BCUT2D eigenvalue weighted by atomic mass is 10.2. The van der Waals surface area contributed by atoms with Crippen LogP contribution in [-0.4, -0.2) is 34.9 Å². The van der Waals surface area contributed by atoms with E-state index in [9.17, 15) is 9.18 Å². The lowest BCUT2D eigenvalue weighted by molar-refractivity contribution is 0.0934. The van der Waals surface area contributed by atoms with Crippen molar-refractivity contribution in [2.24, 2.45) is 0 Å². The number of para-hydroxylation sites is 1. The van der Waals surface area contributed by atoms with Crippen LogP contribution in [0.2, 0.25) is 5.02 Å². The van der Waals surface area contributed by atoms with E-state index in [1.807, 2.05) is 17.5 Å². The number of aromatic nitrogens is 2. The fourth-order valence-electron chi connectivity index (χ4n) is 3.52. The number of amides is 1. The Morgan fingerprint density at radius 3 is 2.94 bits per heavy atom. The molecular weight excluding hydrogens is 439 g/mol. The van der Waals surface area contributed by atoms with E-state index in [-0.39, 0.29) is 11.9 Å². The number of hydrogen-bond donors (Lipinski definition) is 2. The number of carbonyl (C=O) groups excluding carboxylic acids is 1. The summed E-state index contributed by atoms with van der Waals surface area (Å²) >= 11 is 7.49. The van der Waals surface area contributed by atoms with Gasteiger partial charge in [-0.3, -0.25) is 4.79 Å². The lowest BCUT2D eigenvalue weighted by Gasteiger charge is -2.10. The molecule has 158 valence electrons. The maximum atomic E-state index is 14.9. The fraction of sp³-hybridized carbons (Fsp3) is 0.182. The molecule has 31 heavy (non-hydrogen) atoms. The van der Waals surface area contributed by atoms with Crippen molar-refractivity contribution in [3.8, 4) is 5.69 Å². The second-order valence-electron chi connectivity index (χ2n) is 7.26. The van der Waals surface area contributed by atoms with Gasteiger partial charge < -0.3 is 15.4 Å². The quantitative estimate of drug-likeness (QED) is 0.436. The van der Waals surface area contributed by atoms with Crippen molar-refractivity contribution in [3.63, 3.8) is 0 Å². The highest BCUT2D eigenvalue weighted by Gasteiger charge is 2.20. The number of anilines is 2. The van der Waals surface area contributed by atoms with Gasteiger partial charge in [-0.05, 0) is 30.7 Å². The number of fused-ring (bicyclic) bond motifs is 1. The first-order valence-corrected chi connectivity index (χ1v) is 11.0. The van der Waals surface area contributed by atoms with Gasteiger partial charge >= 0.3 is 0 Å². The topological polar surface area (TPSA) is 68.2 Å². The Bertz CT molecular complexity index is 1270. The number of carbonyl (C=O) groups is 1. The lowest BCUT2D eigenvalue weighted by Crippen LogP contribution is -2.34. The number of nitrogens with zero attached hydrogens (tertiary/aromatic N) is 2. The van der Waals surface area contributed by atoms with Gasteiger partial charge in [0.2, 0.25) is 0 Å². The summed E-state index contributed by atoms with van der Waals surface area (Å²) in [6, 6.07) is 12.1. The van der Waals surface area contributed by atoms with Crippen LogP contribution in [0.1, 0.15) is 16.1 Å². The number of ether oxygens (including phenoxy) is 1. The fourth-order valence-corrected chi connectivity index (χ4v) is 4.47. The highest BCUT2D eigenvalue weighted by Crippen LogP contribution is 2.31. The van der Waals surface area contributed by atoms with Crippen molar-refractivity contribution < 1.29 is 13.9 Å². The number of thiophene rings is 1. The molecule has 0 radical (unpaired) electrons. The van der Waals surface area contributed by atoms with Crippen LogP contribution in [-0.2, 0) is 4.74 Å². The van der Waals surface area contributed by atoms with E-state index in [2.05, 4.69) is 15.7 Å². The maximum absolute atomic E-state index is 14.9. The number of nitrogens with one attached hydrogen (secondary N) is 2. The van der Waals surface area contributed by atoms with Crippen molar-refractivity contribution in [1.82, 2.24) is 15.1 Å². The Hall–Kier alpha value is -2.94. The zero-order valence-electron chi connectivity index (χ0n) is 16.3. The summed E-state index contributed by atoms with van der Waals surface area (Å²) in [6.45, 7) is 1.20. The third-order valence-electron chi connectivity index (χ3n) is 5.12. The average molecular weight is 457 g/mol. The second-order valence-corrected chi connectivity index (χ2v) is 8.57. The molecule has 0 spiro atoms. The molecule has 5 rings (SSSR count). The monoisotopic (exact) mass is 456 g/mol. The normalized spacial score (nSPS) is 16.0. The van der Waals surface area contributed by atoms with Crippen LogP contribution in [0, 0.1) is 5.82 Å². The van der Waals surface area contributed by atoms with Gasteiger partial charge in [0.25, 0.3) is 5.91 Å². The van der Waals surface area contributed by atoms with Gasteiger partial charge in [-0.15, -0.1) is 11.3 Å². The molecule has 2 aromatic carbocycles. The molecule has 1 atom stereocenters. The SMILES string of the molecule is O=C(N[C@H]1CCOC1)c1cc(-n2ncc3cc(Nc4ccccc4Cl)c(F)cc32)cs1. The predicted molar refractivity (Wildman–Crippen MR) is 120 cm³/mol. The molecule has 0 saturated carbocycles. The van der Waals surface area contributed by atoms with E-state index in [0.717, 1.165) is 11.8 Å². The maximum Gasteiger partial charge on any atom is 0.261 e. The molecule has 3 heterocycles. The summed E-state index contributed by atoms with van der Waals surface area (Å²) in [7, 11) is 0. The summed E-state index contributed by atoms with van der Waals surface area (Å²) in [5, 5.41) is 13.5. The Kier molecular flexibility index (Phi) is 5.35. The number of hydrogen-bond acceptors (Lipinski definition) is 5. The van der Waals surface area contributed by atoms with Crippen molar-refractivity contribution in [1.29, 1.82) is 0 Å². The van der Waals surface area contributed by atoms with Crippen LogP contribution in [0.15, 0.2) is 54.0 Å². The van der Waals surface area contributed by atoms with E-state index in [1.54, 1.807) is 35.1 Å². The Balaban J connectivity index is 1.41. The molecule has 1 amide bonds. The summed E-state index contributed by atoms with van der Waals surface area (Å²) in [6.07, 6.45) is 2.48. The standard InChI is InChI=1S/C22H18ClFN4O2S/c23-16-3-1-2-4-18(16)27-19-7-13-10-25-28(20(13)9-17(19)24)15-8-21(31-12-15)22(29)26-14-5-6-30-11-14/h1-4,7-10,12,14,27H,5-6,11H2,(H,26,29)/t14-/m0/s1. The molecule has 0 unspecified atom stereocenters. The van der Waals surface area contributed by atoms with Crippen LogP contribution < -0.4 is 10.6 Å². The average Bonchev–Trinajstić information content (AvgIpc) is 3.50. The summed E-state index contributed by atoms with van der Waals surface area (Å²) < 4.78 is 21.8. The van der Waals surface area contributed by atoms with Crippen LogP contribution in [0.3, 0.4) is 0 Å². The van der Waals surface area contributed by atoms with Crippen molar-refractivity contribution in [3.05, 3.63) is 69.8 Å². The first-order valence-electron chi connectivity index (χ1n) is 9.75. The zero-order valence-corrected chi connectivity index (χ0v) is 17.8. The molecule has 4 aromatic rings. The Morgan fingerprint density at radius 2 is 2.13 bits per heavy atom. The molecule has 1 aliphatic heterocycles. The molecule has 2 N–H and O–H groups in total.